The predicted molar refractivity (Wildman–Crippen MR) is 498 cm³/mol. The van der Waals surface area contributed by atoms with Crippen molar-refractivity contribution >= 4 is 152 Å². The van der Waals surface area contributed by atoms with Gasteiger partial charge in [-0.15, -0.1) is 12.4 Å². The minimum atomic E-state index is -1.36. The van der Waals surface area contributed by atoms with Gasteiger partial charge in [0.1, 0.15) is 22.3 Å². The number of halogens is 10. The number of aliphatic carboxylic acids is 2. The Morgan fingerprint density at radius 2 is 0.714 bits per heavy atom. The number of carboxylic acid groups (broad SMARTS) is 2. The molecule has 0 radical (unpaired) electrons. The van der Waals surface area contributed by atoms with Crippen LogP contribution in [0, 0.1) is 44.5 Å². The number of amides is 3. The Labute approximate surface area is 806 Å². The van der Waals surface area contributed by atoms with Gasteiger partial charge in [-0.05, 0) is 238 Å². The Balaban J connectivity index is 0.000000151. The van der Waals surface area contributed by atoms with Crippen molar-refractivity contribution in [2.45, 2.75) is 283 Å². The summed E-state index contributed by atoms with van der Waals surface area (Å²) in [6, 6.07) is 17.1. The minimum Gasteiger partial charge on any atom is -0.480 e. The fraction of sp³-hybridized carbons (Fsp3) is 0.567. The van der Waals surface area contributed by atoms with Gasteiger partial charge in [0.2, 0.25) is 17.7 Å². The van der Waals surface area contributed by atoms with E-state index in [0.717, 1.165) is 44.9 Å². The smallest absolute Gasteiger partial charge is 0.334 e. The van der Waals surface area contributed by atoms with E-state index >= 15 is 13.2 Å². The molecule has 3 aliphatic carbocycles. The lowest BCUT2D eigenvalue weighted by atomic mass is 9.53. The van der Waals surface area contributed by atoms with Crippen LogP contribution in [0.4, 0.5) is 30.2 Å². The maximum atomic E-state index is 16.1. The molecule has 0 bridgehead atoms. The molecule has 9 fully saturated rings. The number of carbonyl (C=O) groups excluding carboxylic acids is 7. The van der Waals surface area contributed by atoms with Crippen molar-refractivity contribution < 1.29 is 90.2 Å². The average molecular weight is 1980 g/mol. The van der Waals surface area contributed by atoms with Gasteiger partial charge >= 0.3 is 23.9 Å². The summed E-state index contributed by atoms with van der Waals surface area (Å²) >= 11 is 37.4. The highest BCUT2D eigenvalue weighted by Crippen LogP contribution is 2.69. The summed E-state index contributed by atoms with van der Waals surface area (Å²) in [5.41, 5.74) is 1.85. The number of ether oxygens (including phenoxy) is 5. The van der Waals surface area contributed by atoms with Gasteiger partial charge in [0.25, 0.3) is 0 Å². The molecule has 12 aliphatic rings. The highest BCUT2D eigenvalue weighted by Gasteiger charge is 2.77. The van der Waals surface area contributed by atoms with Crippen LogP contribution in [0.2, 0.25) is 30.5 Å². The van der Waals surface area contributed by atoms with E-state index in [1.54, 1.807) is 42.5 Å². The van der Waals surface area contributed by atoms with Crippen LogP contribution in [-0.4, -0.2) is 171 Å². The number of anilines is 3. The second kappa shape index (κ2) is 37.5. The molecular formula is C97H114Cl7F3N10O16. The molecular weight excluding hydrogens is 1870 g/mol. The molecule has 6 aromatic rings. The zero-order valence-corrected chi connectivity index (χ0v) is 81.3. The highest BCUT2D eigenvalue weighted by atomic mass is 35.5. The van der Waals surface area contributed by atoms with Gasteiger partial charge in [0.15, 0.2) is 62.8 Å². The summed E-state index contributed by atoms with van der Waals surface area (Å²) in [6.07, 6.45) is 13.9. The molecule has 10 N–H and O–H groups in total. The molecule has 15 atom stereocenters. The largest absolute Gasteiger partial charge is 0.480 e. The number of pyridine rings is 3. The molecule has 6 saturated heterocycles. The number of fused-ring (bicyclic) bond motifs is 9. The second-order valence-electron chi connectivity index (χ2n) is 41.7. The van der Waals surface area contributed by atoms with Crippen LogP contribution in [0.1, 0.15) is 242 Å². The van der Waals surface area contributed by atoms with E-state index in [9.17, 15) is 53.4 Å². The van der Waals surface area contributed by atoms with Crippen molar-refractivity contribution in [1.29, 1.82) is 0 Å². The third kappa shape index (κ3) is 18.0. The van der Waals surface area contributed by atoms with Gasteiger partial charge in [0.05, 0.1) is 46.1 Å². The number of esters is 2. The summed E-state index contributed by atoms with van der Waals surface area (Å²) in [5.74, 6) is -9.40. The van der Waals surface area contributed by atoms with Crippen LogP contribution in [-0.2, 0) is 83.1 Å². The SMILES string of the molecule is CC1(C)CCC2(CC1)N[C@@H](C(=O)CC1(C)CC[C@@H](C(=O)O)OC1)[C@H](c1ccnc(Cl)c1F)[C@]21C(=O)Nc2cc(Cl)ccc21.CC1(C)CCC2(CC1)N[C@@H](C(=O)O)[C@H](c1ccnc(Cl)c1F)C21C(=O)Nc2cc(Cl)ccc21.COC(=O)[C@@H]1CCC(C)(CC(=O)[C@@H]2NC3(CCC(C)(C)CC3)[C@@]3(C(=O)Nc4cc(Cl)ccc43)[C@H]2c2ccnc(Cl)c2F)CO1.COC(=O)[C@@H]1CCC(C)(N)CO1.Cl. The Kier molecular flexibility index (Phi) is 28.6. The second-order valence-corrected chi connectivity index (χ2v) is 44.1. The Bertz CT molecular complexity index is 5580. The number of aromatic nitrogens is 3. The summed E-state index contributed by atoms with van der Waals surface area (Å²) in [4.78, 5) is 131. The van der Waals surface area contributed by atoms with E-state index in [1.165, 1.54) is 51.0 Å². The zero-order chi connectivity index (χ0) is 95.6. The van der Waals surface area contributed by atoms with Gasteiger partial charge in [-0.3, -0.25) is 44.7 Å². The maximum Gasteiger partial charge on any atom is 0.334 e. The van der Waals surface area contributed by atoms with Gasteiger partial charge in [-0.25, -0.2) is 42.5 Å². The maximum absolute atomic E-state index is 16.1. The molecule has 718 valence electrons. The minimum absolute atomic E-state index is 0. The average Bonchev–Trinajstić information content (AvgIpc) is 1.52. The van der Waals surface area contributed by atoms with E-state index in [2.05, 4.69) is 93.1 Å². The Morgan fingerprint density at radius 1 is 0.421 bits per heavy atom. The van der Waals surface area contributed by atoms with Crippen molar-refractivity contribution in [3.05, 3.63) is 173 Å². The van der Waals surface area contributed by atoms with Crippen molar-refractivity contribution in [2.75, 3.05) is 50.0 Å². The first-order chi connectivity index (χ1) is 62.0. The normalized spacial score (nSPS) is 31.6. The van der Waals surface area contributed by atoms with Gasteiger partial charge in [0, 0.05) is 103 Å². The monoisotopic (exact) mass is 1980 g/mol. The number of nitrogens with zero attached hydrogens (tertiary/aromatic N) is 3. The molecule has 9 aliphatic heterocycles. The van der Waals surface area contributed by atoms with Crippen LogP contribution < -0.4 is 37.6 Å². The number of hydrogen-bond acceptors (Lipinski definition) is 21. The molecule has 36 heteroatoms. The van der Waals surface area contributed by atoms with E-state index < -0.39 is 133 Å². The quantitative estimate of drug-likeness (QED) is 0.0383. The van der Waals surface area contributed by atoms with Crippen LogP contribution in [0.5, 0.6) is 0 Å². The number of nitrogens with one attached hydrogen (secondary N) is 6. The Hall–Kier alpha value is -7.72. The molecule has 18 rings (SSSR count). The molecule has 26 nitrogen and oxygen atoms in total. The van der Waals surface area contributed by atoms with Crippen molar-refractivity contribution in [3.8, 4) is 0 Å². The molecule has 3 amide bonds. The van der Waals surface area contributed by atoms with E-state index in [-0.39, 0.29) is 134 Å². The topological polar surface area (TPSA) is 377 Å². The first-order valence-electron chi connectivity index (χ1n) is 44.9. The number of methoxy groups -OCH3 is 2. The molecule has 4 unspecified atom stereocenters. The van der Waals surface area contributed by atoms with Crippen molar-refractivity contribution in [1.82, 2.24) is 30.9 Å². The lowest BCUT2D eigenvalue weighted by Gasteiger charge is -2.50. The number of nitrogens with two attached hydrogens (primary N) is 1. The van der Waals surface area contributed by atoms with E-state index in [4.69, 9.17) is 94.3 Å². The number of Topliss-reactive ketones (excluding diaryl/α,β-unsaturated/α-hetero) is 2. The number of rotatable bonds is 13. The number of benzene rings is 3. The highest BCUT2D eigenvalue weighted by molar-refractivity contribution is 6.33. The third-order valence-electron chi connectivity index (χ3n) is 31.2. The van der Waals surface area contributed by atoms with Crippen LogP contribution >= 0.6 is 82.0 Å². The van der Waals surface area contributed by atoms with Gasteiger partial charge in [-0.1, -0.05) is 143 Å². The lowest BCUT2D eigenvalue weighted by molar-refractivity contribution is -0.163. The summed E-state index contributed by atoms with van der Waals surface area (Å²) in [5, 5.41) is 39.8. The summed E-state index contributed by atoms with van der Waals surface area (Å²) in [7, 11) is 2.69. The van der Waals surface area contributed by atoms with Crippen LogP contribution in [0.3, 0.4) is 0 Å². The molecule has 3 aromatic heterocycles. The number of carboxylic acids is 2. The van der Waals surface area contributed by atoms with Crippen molar-refractivity contribution in [2.24, 2.45) is 32.8 Å². The summed E-state index contributed by atoms with van der Waals surface area (Å²) < 4.78 is 73.7. The third-order valence-corrected chi connectivity index (χ3v) is 32.7. The summed E-state index contributed by atoms with van der Waals surface area (Å²) in [6.45, 7) is 19.6. The van der Waals surface area contributed by atoms with Crippen molar-refractivity contribution in [3.63, 3.8) is 0 Å². The van der Waals surface area contributed by atoms with Crippen LogP contribution in [0.15, 0.2) is 91.4 Å². The molecule has 3 aromatic carbocycles. The molecule has 3 saturated carbocycles. The number of carbonyl (C=O) groups is 9. The molecule has 133 heavy (non-hydrogen) atoms. The first kappa shape index (κ1) is 101. The van der Waals surface area contributed by atoms with Gasteiger partial charge in [-0.2, -0.15) is 0 Å². The van der Waals surface area contributed by atoms with Crippen LogP contribution in [0.25, 0.3) is 0 Å². The molecule has 12 heterocycles. The first-order valence-corrected chi connectivity index (χ1v) is 47.2. The molecule has 6 spiro atoms. The lowest BCUT2D eigenvalue weighted by Crippen LogP contribution is -2.61. The zero-order valence-electron chi connectivity index (χ0n) is 76.0. The van der Waals surface area contributed by atoms with Gasteiger partial charge < -0.3 is 55.6 Å². The fourth-order valence-corrected chi connectivity index (χ4v) is 25.0. The Morgan fingerprint density at radius 3 is 0.992 bits per heavy atom. The number of hydrogen-bond donors (Lipinski definition) is 9. The number of ketones is 2. The van der Waals surface area contributed by atoms with E-state index in [0.29, 0.717) is 120 Å². The standard InChI is InChI=1S/C33H38Cl2FN3O5.C32H36Cl2FN3O5.C24H24Cl2FN3O3.C8H15NO3.ClH/c1-30(2)10-12-32(13-11-30)33(20-6-5-18(34)15-21(20)38-29(33)42)24(19-8-14-37-27(35)25(19)36)26(39-32)22(40)16-31(3)9-7-23(44-17-31)28(41)43-4;1-29(2)9-11-31(12-10-29)32(19-5-4-17(33)14-20(19)37-28(32)42)23(18-7-13-36-26(34)24(18)35)25(38-31)21(39)15-30(3)8-6-22(27(40)41)43-16-30;1-22(2)6-8-23(9-7-22)24(14-4-3-12(25)11-15(14)29-21(24)33)16(18(30-23)20(31)32)13-5-10-28-19(26)17(13)27;1-8(9)4-3-6(12-5-8)7(10)11-2;/h5-6,8,14-15,23-24,26,39H,7,9-13,16-17H2,1-4H3,(H,38,42);4-5,7,13-14,22-23,25,38H,6,8-12,15-16H2,1-3H3,(H,37,42)(H,40,41);3-5,10-11,16,18,30H,6-9H2,1-2H3,(H,29,33)(H,31,32);6H,3-5,9H2,1-2H3;1H/t23-,24-,26-,31?,33+;22-,23-,25-,30?,32+;16-,18+,24?;6-,8?;/m0000./s1. The van der Waals surface area contributed by atoms with E-state index in [1.807, 2.05) is 32.9 Å². The fourth-order valence-electron chi connectivity index (χ4n) is 24.0. The predicted octanol–water partition coefficient (Wildman–Crippen LogP) is 17.5.